The Hall–Kier alpha value is -2.15. The molecule has 5 rings (SSSR count). The number of halogens is 1. The van der Waals surface area contributed by atoms with E-state index in [2.05, 4.69) is 0 Å². The van der Waals surface area contributed by atoms with Crippen LogP contribution in [-0.2, 0) is 9.59 Å². The van der Waals surface area contributed by atoms with Crippen LogP contribution >= 0.6 is 0 Å². The van der Waals surface area contributed by atoms with Crippen LogP contribution in [0.2, 0.25) is 0 Å². The summed E-state index contributed by atoms with van der Waals surface area (Å²) in [6, 6.07) is 5.31. The summed E-state index contributed by atoms with van der Waals surface area (Å²) in [5.74, 6) is -0.0490. The molecule has 6 nitrogen and oxygen atoms in total. The normalized spacial score (nSPS) is 31.9. The van der Waals surface area contributed by atoms with Crippen LogP contribution in [0.25, 0.3) is 0 Å². The van der Waals surface area contributed by atoms with Gasteiger partial charge >= 0.3 is 0 Å². The first-order valence-corrected chi connectivity index (χ1v) is 11.8. The average Bonchev–Trinajstić information content (AvgIpc) is 3.33. The Balaban J connectivity index is 1.31. The number of carbonyl (C=O) groups excluding carboxylic acids is 2. The molecule has 0 unspecified atom stereocenters. The second kappa shape index (κ2) is 8.08. The van der Waals surface area contributed by atoms with Crippen molar-refractivity contribution in [3.05, 3.63) is 24.0 Å². The predicted molar refractivity (Wildman–Crippen MR) is 116 cm³/mol. The maximum absolute atomic E-state index is 15.1. The van der Waals surface area contributed by atoms with Gasteiger partial charge in [-0.25, -0.2) is 4.39 Å². The zero-order valence-electron chi connectivity index (χ0n) is 18.1. The van der Waals surface area contributed by atoms with Crippen LogP contribution in [0.4, 0.5) is 15.8 Å². The zero-order chi connectivity index (χ0) is 21.6. The Bertz CT molecular complexity index is 870. The molecule has 1 atom stereocenters. The van der Waals surface area contributed by atoms with Crippen LogP contribution in [0.15, 0.2) is 18.2 Å². The molecular weight excluding hydrogens is 397 g/mol. The molecule has 1 N–H and O–H groups in total. The lowest BCUT2D eigenvalue weighted by Gasteiger charge is -2.41. The smallest absolute Gasteiger partial charge is 0.230 e. The van der Waals surface area contributed by atoms with Gasteiger partial charge in [-0.2, -0.15) is 0 Å². The molecule has 1 aromatic rings. The molecule has 4 aliphatic rings. The molecule has 3 heterocycles. The molecule has 3 saturated heterocycles. The summed E-state index contributed by atoms with van der Waals surface area (Å²) in [7, 11) is 0. The molecular formula is C24H32FN3O3. The number of amides is 2. The number of hydrogen-bond acceptors (Lipinski definition) is 4. The summed E-state index contributed by atoms with van der Waals surface area (Å²) in [6.07, 6.45) is 6.95. The maximum atomic E-state index is 15.1. The highest BCUT2D eigenvalue weighted by atomic mass is 19.1. The van der Waals surface area contributed by atoms with Crippen molar-refractivity contribution in [2.45, 2.75) is 69.9 Å². The van der Waals surface area contributed by atoms with Crippen molar-refractivity contribution in [3.63, 3.8) is 0 Å². The van der Waals surface area contributed by atoms with Crippen molar-refractivity contribution in [1.29, 1.82) is 0 Å². The van der Waals surface area contributed by atoms with Gasteiger partial charge < -0.3 is 19.8 Å². The molecule has 7 heteroatoms. The SMILES string of the molecule is O=C1CCCN1c1ccc(N2CCC[C@]3(CCN(C4CCC(O)CC4)C3=O)C2)c(F)c1. The minimum absolute atomic E-state index is 0.0518. The van der Waals surface area contributed by atoms with Gasteiger partial charge in [-0.15, -0.1) is 0 Å². The highest BCUT2D eigenvalue weighted by molar-refractivity contribution is 5.95. The van der Waals surface area contributed by atoms with Crippen LogP contribution in [-0.4, -0.2) is 60.1 Å². The number of nitrogens with zero attached hydrogens (tertiary/aromatic N) is 3. The molecule has 3 aliphatic heterocycles. The van der Waals surface area contributed by atoms with Gasteiger partial charge in [0.05, 0.1) is 17.2 Å². The van der Waals surface area contributed by atoms with Crippen LogP contribution < -0.4 is 9.80 Å². The first-order valence-electron chi connectivity index (χ1n) is 11.8. The van der Waals surface area contributed by atoms with E-state index in [0.717, 1.165) is 64.5 Å². The minimum Gasteiger partial charge on any atom is -0.393 e. The van der Waals surface area contributed by atoms with E-state index in [1.807, 2.05) is 15.9 Å². The van der Waals surface area contributed by atoms with E-state index < -0.39 is 5.41 Å². The van der Waals surface area contributed by atoms with Crippen molar-refractivity contribution in [2.75, 3.05) is 36.0 Å². The Kier molecular flexibility index (Phi) is 5.40. The van der Waals surface area contributed by atoms with E-state index in [1.165, 1.54) is 6.07 Å². The molecule has 168 valence electrons. The maximum Gasteiger partial charge on any atom is 0.230 e. The molecule has 0 aromatic heterocycles. The average molecular weight is 430 g/mol. The monoisotopic (exact) mass is 429 g/mol. The lowest BCUT2D eigenvalue weighted by molar-refractivity contribution is -0.139. The van der Waals surface area contributed by atoms with E-state index in [9.17, 15) is 14.7 Å². The van der Waals surface area contributed by atoms with E-state index in [-0.39, 0.29) is 29.8 Å². The van der Waals surface area contributed by atoms with Crippen LogP contribution in [0.1, 0.15) is 57.8 Å². The van der Waals surface area contributed by atoms with Gasteiger partial charge in [-0.1, -0.05) is 0 Å². The fourth-order valence-electron chi connectivity index (χ4n) is 6.12. The lowest BCUT2D eigenvalue weighted by atomic mass is 9.78. The van der Waals surface area contributed by atoms with Gasteiger partial charge in [0.25, 0.3) is 0 Å². The van der Waals surface area contributed by atoms with Gasteiger partial charge in [0.2, 0.25) is 11.8 Å². The predicted octanol–water partition coefficient (Wildman–Crippen LogP) is 3.07. The molecule has 31 heavy (non-hydrogen) atoms. The van der Waals surface area contributed by atoms with Gasteiger partial charge in [-0.3, -0.25) is 9.59 Å². The minimum atomic E-state index is -0.426. The second-order valence-electron chi connectivity index (χ2n) is 9.80. The summed E-state index contributed by atoms with van der Waals surface area (Å²) >= 11 is 0. The molecule has 0 radical (unpaired) electrons. The molecule has 1 saturated carbocycles. The van der Waals surface area contributed by atoms with Gasteiger partial charge in [-0.05, 0) is 69.6 Å². The summed E-state index contributed by atoms with van der Waals surface area (Å²) < 4.78 is 15.1. The van der Waals surface area contributed by atoms with Gasteiger partial charge in [0.1, 0.15) is 5.82 Å². The van der Waals surface area contributed by atoms with E-state index in [0.29, 0.717) is 30.9 Å². The second-order valence-corrected chi connectivity index (χ2v) is 9.80. The summed E-state index contributed by atoms with van der Waals surface area (Å²) in [4.78, 5) is 31.2. The lowest BCUT2D eigenvalue weighted by Crippen LogP contribution is -2.50. The molecule has 2 amide bonds. The summed E-state index contributed by atoms with van der Waals surface area (Å²) in [5.41, 5.74) is 0.726. The van der Waals surface area contributed by atoms with Crippen molar-refractivity contribution < 1.29 is 19.1 Å². The fraction of sp³-hybridized carbons (Fsp3) is 0.667. The zero-order valence-corrected chi connectivity index (χ0v) is 18.1. The van der Waals surface area contributed by atoms with Crippen LogP contribution in [0, 0.1) is 11.2 Å². The Labute approximate surface area is 183 Å². The number of likely N-dealkylation sites (tertiary alicyclic amines) is 1. The third-order valence-corrected chi connectivity index (χ3v) is 7.89. The number of carbonyl (C=O) groups is 2. The van der Waals surface area contributed by atoms with Crippen molar-refractivity contribution in [2.24, 2.45) is 5.41 Å². The van der Waals surface area contributed by atoms with Crippen molar-refractivity contribution in [1.82, 2.24) is 4.90 Å². The molecule has 1 aliphatic carbocycles. The van der Waals surface area contributed by atoms with Crippen LogP contribution in [0.5, 0.6) is 0 Å². The number of piperidine rings is 1. The highest BCUT2D eigenvalue weighted by Crippen LogP contribution is 2.44. The standard InChI is InChI=1S/C24H32FN3O3/c25-20-15-18(27-13-1-3-22(27)30)6-9-21(20)26-12-2-10-24(16-26)11-14-28(23(24)31)17-4-7-19(29)8-5-17/h6,9,15,17,19,29H,1-5,7-8,10-14,16H2/t17?,19?,24-/m0/s1. The largest absolute Gasteiger partial charge is 0.393 e. The molecule has 1 aromatic carbocycles. The van der Waals surface area contributed by atoms with E-state index >= 15 is 4.39 Å². The highest BCUT2D eigenvalue weighted by Gasteiger charge is 2.50. The van der Waals surface area contributed by atoms with Crippen molar-refractivity contribution >= 4 is 23.2 Å². The molecule has 0 bridgehead atoms. The van der Waals surface area contributed by atoms with Gasteiger partial charge in [0.15, 0.2) is 0 Å². The summed E-state index contributed by atoms with van der Waals surface area (Å²) in [5, 5.41) is 9.80. The molecule has 1 spiro atoms. The Morgan fingerprint density at radius 2 is 1.81 bits per heavy atom. The number of aliphatic hydroxyl groups is 1. The topological polar surface area (TPSA) is 64.1 Å². The number of aliphatic hydroxyl groups excluding tert-OH is 1. The number of hydrogen-bond donors (Lipinski definition) is 1. The quantitative estimate of drug-likeness (QED) is 0.802. The Morgan fingerprint density at radius 1 is 1.00 bits per heavy atom. The third kappa shape index (κ3) is 3.71. The van der Waals surface area contributed by atoms with E-state index in [4.69, 9.17) is 0 Å². The fourth-order valence-corrected chi connectivity index (χ4v) is 6.12. The molecule has 4 fully saturated rings. The number of benzene rings is 1. The third-order valence-electron chi connectivity index (χ3n) is 7.89. The number of anilines is 2. The summed E-state index contributed by atoms with van der Waals surface area (Å²) in [6.45, 7) is 2.71. The van der Waals surface area contributed by atoms with Crippen molar-refractivity contribution in [3.8, 4) is 0 Å². The van der Waals surface area contributed by atoms with Gasteiger partial charge in [0, 0.05) is 44.3 Å². The first-order chi connectivity index (χ1) is 15.0. The Morgan fingerprint density at radius 3 is 2.52 bits per heavy atom. The number of rotatable bonds is 3. The van der Waals surface area contributed by atoms with Crippen LogP contribution in [0.3, 0.4) is 0 Å². The first kappa shape index (κ1) is 20.7. The van der Waals surface area contributed by atoms with E-state index in [1.54, 1.807) is 11.0 Å².